The lowest BCUT2D eigenvalue weighted by Gasteiger charge is -2.29. The second-order valence-electron chi connectivity index (χ2n) is 4.01. The van der Waals surface area contributed by atoms with E-state index in [1.54, 1.807) is 4.90 Å². The quantitative estimate of drug-likeness (QED) is 0.709. The highest BCUT2D eigenvalue weighted by Gasteiger charge is 2.27. The highest BCUT2D eigenvalue weighted by atomic mass is 79.9. The molecule has 0 saturated carbocycles. The predicted octanol–water partition coefficient (Wildman–Crippen LogP) is 1.60. The molecular formula is C10H16BrNO2. The zero-order valence-corrected chi connectivity index (χ0v) is 10.2. The van der Waals surface area contributed by atoms with Crippen molar-refractivity contribution in [1.29, 1.82) is 0 Å². The van der Waals surface area contributed by atoms with Gasteiger partial charge in [-0.3, -0.25) is 9.59 Å². The summed E-state index contributed by atoms with van der Waals surface area (Å²) < 4.78 is 0. The van der Waals surface area contributed by atoms with Gasteiger partial charge in [-0.2, -0.15) is 0 Å². The lowest BCUT2D eigenvalue weighted by Crippen LogP contribution is -2.43. The monoisotopic (exact) mass is 261 g/mol. The Labute approximate surface area is 93.0 Å². The Hall–Kier alpha value is -0.380. The van der Waals surface area contributed by atoms with Gasteiger partial charge < -0.3 is 4.90 Å². The molecule has 0 bridgehead atoms. The number of amides is 1. The van der Waals surface area contributed by atoms with Gasteiger partial charge in [-0.25, -0.2) is 0 Å². The summed E-state index contributed by atoms with van der Waals surface area (Å²) in [5.41, 5.74) is 0. The Kier molecular flexibility index (Phi) is 4.11. The minimum Gasteiger partial charge on any atom is -0.341 e. The van der Waals surface area contributed by atoms with E-state index in [-0.39, 0.29) is 16.5 Å². The lowest BCUT2D eigenvalue weighted by molar-refractivity contribution is -0.134. The number of carbonyl (C=O) groups is 2. The summed E-state index contributed by atoms with van der Waals surface area (Å²) >= 11 is 3.38. The van der Waals surface area contributed by atoms with Gasteiger partial charge >= 0.3 is 0 Å². The Morgan fingerprint density at radius 1 is 1.36 bits per heavy atom. The first kappa shape index (κ1) is 11.7. The van der Waals surface area contributed by atoms with Crippen molar-refractivity contribution >= 4 is 27.6 Å². The first-order valence-corrected chi connectivity index (χ1v) is 5.88. The van der Waals surface area contributed by atoms with Crippen LogP contribution in [0.3, 0.4) is 0 Å². The van der Waals surface area contributed by atoms with E-state index in [4.69, 9.17) is 0 Å². The van der Waals surface area contributed by atoms with Gasteiger partial charge in [-0.05, 0) is 5.92 Å². The van der Waals surface area contributed by atoms with Crippen molar-refractivity contribution in [2.45, 2.75) is 31.5 Å². The molecule has 0 aromatic heterocycles. The number of ketones is 1. The normalized spacial score (nSPS) is 20.0. The van der Waals surface area contributed by atoms with Crippen molar-refractivity contribution in [2.75, 3.05) is 13.1 Å². The third kappa shape index (κ3) is 2.80. The van der Waals surface area contributed by atoms with Crippen molar-refractivity contribution in [3.63, 3.8) is 0 Å². The number of hydrogen-bond donors (Lipinski definition) is 0. The maximum atomic E-state index is 11.8. The topological polar surface area (TPSA) is 37.4 Å². The molecule has 1 aliphatic heterocycles. The van der Waals surface area contributed by atoms with Gasteiger partial charge in [0, 0.05) is 25.9 Å². The Morgan fingerprint density at radius 3 is 2.29 bits per heavy atom. The fourth-order valence-corrected chi connectivity index (χ4v) is 1.73. The first-order valence-electron chi connectivity index (χ1n) is 4.97. The predicted molar refractivity (Wildman–Crippen MR) is 58.4 cm³/mol. The Bertz CT molecular complexity index is 230. The molecule has 3 nitrogen and oxygen atoms in total. The van der Waals surface area contributed by atoms with Crippen molar-refractivity contribution in [1.82, 2.24) is 4.90 Å². The van der Waals surface area contributed by atoms with Crippen LogP contribution in [0.15, 0.2) is 0 Å². The molecule has 1 aliphatic rings. The Balaban J connectivity index is 2.49. The number of alkyl halides is 1. The zero-order valence-electron chi connectivity index (χ0n) is 8.62. The van der Waals surface area contributed by atoms with E-state index >= 15 is 0 Å². The minimum absolute atomic E-state index is 0.115. The summed E-state index contributed by atoms with van der Waals surface area (Å²) in [5.74, 6) is 0.678. The van der Waals surface area contributed by atoms with Crippen molar-refractivity contribution in [3.8, 4) is 0 Å². The molecule has 1 unspecified atom stereocenters. The summed E-state index contributed by atoms with van der Waals surface area (Å²) in [7, 11) is 0. The molecule has 1 heterocycles. The third-order valence-corrected chi connectivity index (χ3v) is 3.90. The Morgan fingerprint density at radius 2 is 1.86 bits per heavy atom. The molecule has 0 N–H and O–H groups in total. The van der Waals surface area contributed by atoms with E-state index < -0.39 is 0 Å². The number of Topliss-reactive ketones (excluding diaryl/α,β-unsaturated/α-hetero) is 1. The smallest absolute Gasteiger partial charge is 0.236 e. The number of likely N-dealkylation sites (tertiary alicyclic amines) is 1. The van der Waals surface area contributed by atoms with Gasteiger partial charge in [0.15, 0.2) is 0 Å². The summed E-state index contributed by atoms with van der Waals surface area (Å²) in [6.07, 6.45) is 1.03. The molecule has 0 aromatic rings. The molecule has 1 saturated heterocycles. The molecule has 0 radical (unpaired) electrons. The van der Waals surface area contributed by atoms with Crippen molar-refractivity contribution in [2.24, 2.45) is 5.92 Å². The van der Waals surface area contributed by atoms with Crippen LogP contribution in [0, 0.1) is 5.92 Å². The van der Waals surface area contributed by atoms with Gasteiger partial charge in [0.1, 0.15) is 5.78 Å². The van der Waals surface area contributed by atoms with E-state index in [2.05, 4.69) is 15.9 Å². The number of halogens is 1. The average molecular weight is 262 g/mol. The zero-order chi connectivity index (χ0) is 10.7. The maximum Gasteiger partial charge on any atom is 0.236 e. The van der Waals surface area contributed by atoms with E-state index in [1.807, 2.05) is 13.8 Å². The molecule has 1 atom stereocenters. The van der Waals surface area contributed by atoms with Gasteiger partial charge in [-0.15, -0.1) is 0 Å². The van der Waals surface area contributed by atoms with E-state index in [9.17, 15) is 9.59 Å². The van der Waals surface area contributed by atoms with Gasteiger partial charge in [0.2, 0.25) is 5.91 Å². The van der Waals surface area contributed by atoms with Crippen LogP contribution in [-0.4, -0.2) is 34.5 Å². The van der Waals surface area contributed by atoms with Crippen LogP contribution in [0.2, 0.25) is 0 Å². The number of piperidine rings is 1. The largest absolute Gasteiger partial charge is 0.341 e. The number of carbonyl (C=O) groups excluding carboxylic acids is 2. The van der Waals surface area contributed by atoms with Crippen LogP contribution in [0.25, 0.3) is 0 Å². The maximum absolute atomic E-state index is 11.8. The third-order valence-electron chi connectivity index (χ3n) is 2.45. The molecule has 1 fully saturated rings. The van der Waals surface area contributed by atoms with Crippen LogP contribution in [0.4, 0.5) is 0 Å². The summed E-state index contributed by atoms with van der Waals surface area (Å²) in [4.78, 5) is 24.5. The highest BCUT2D eigenvalue weighted by molar-refractivity contribution is 9.10. The fourth-order valence-electron chi connectivity index (χ4n) is 1.44. The molecule has 80 valence electrons. The molecule has 14 heavy (non-hydrogen) atoms. The van der Waals surface area contributed by atoms with Crippen molar-refractivity contribution in [3.05, 3.63) is 0 Å². The lowest BCUT2D eigenvalue weighted by atomic mass is 10.1. The van der Waals surface area contributed by atoms with Gasteiger partial charge in [0.05, 0.1) is 4.83 Å². The second kappa shape index (κ2) is 4.91. The minimum atomic E-state index is -0.115. The van der Waals surface area contributed by atoms with Crippen LogP contribution in [0.5, 0.6) is 0 Å². The molecule has 4 heteroatoms. The summed E-state index contributed by atoms with van der Waals surface area (Å²) in [5, 5.41) is 0. The van der Waals surface area contributed by atoms with Gasteiger partial charge in [0.25, 0.3) is 0 Å². The van der Waals surface area contributed by atoms with Gasteiger partial charge in [-0.1, -0.05) is 29.8 Å². The van der Waals surface area contributed by atoms with E-state index in [0.29, 0.717) is 31.8 Å². The number of rotatable bonds is 2. The second-order valence-corrected chi connectivity index (χ2v) is 5.00. The van der Waals surface area contributed by atoms with Crippen LogP contribution in [-0.2, 0) is 9.59 Å². The van der Waals surface area contributed by atoms with E-state index in [1.165, 1.54) is 0 Å². The molecule has 1 rings (SSSR count). The number of nitrogens with zero attached hydrogens (tertiary/aromatic N) is 1. The van der Waals surface area contributed by atoms with Crippen LogP contribution >= 0.6 is 15.9 Å². The molecule has 0 aliphatic carbocycles. The number of hydrogen-bond acceptors (Lipinski definition) is 2. The highest BCUT2D eigenvalue weighted by Crippen LogP contribution is 2.17. The molecule has 0 aromatic carbocycles. The molecular weight excluding hydrogens is 246 g/mol. The van der Waals surface area contributed by atoms with Crippen LogP contribution < -0.4 is 0 Å². The summed E-state index contributed by atoms with van der Waals surface area (Å²) in [6.45, 7) is 5.19. The SMILES string of the molecule is CC(C)C(Br)C(=O)N1CCC(=O)CC1. The standard InChI is InChI=1S/C10H16BrNO2/c1-7(2)9(11)10(14)12-5-3-8(13)4-6-12/h7,9H,3-6H2,1-2H3. The summed E-state index contributed by atoms with van der Waals surface area (Å²) in [6, 6.07) is 0. The fraction of sp³-hybridized carbons (Fsp3) is 0.800. The first-order chi connectivity index (χ1) is 6.52. The molecule has 1 amide bonds. The van der Waals surface area contributed by atoms with Crippen LogP contribution in [0.1, 0.15) is 26.7 Å². The van der Waals surface area contributed by atoms with Crippen molar-refractivity contribution < 1.29 is 9.59 Å². The molecule has 0 spiro atoms. The average Bonchev–Trinajstić information content (AvgIpc) is 2.16. The van der Waals surface area contributed by atoms with E-state index in [0.717, 1.165) is 0 Å².